The van der Waals surface area contributed by atoms with Gasteiger partial charge in [-0.1, -0.05) is 118 Å². The molecule has 1 aromatic heterocycles. The Morgan fingerprint density at radius 3 is 1.22 bits per heavy atom. The van der Waals surface area contributed by atoms with Gasteiger partial charge >= 0.3 is 11.9 Å². The molecule has 2 aromatic carbocycles. The summed E-state index contributed by atoms with van der Waals surface area (Å²) in [6.07, 6.45) is -2.98. The molecular weight excluding hydrogens is 1570 g/mol. The number of thioether (sulfide) groups is 1. The van der Waals surface area contributed by atoms with Crippen LogP contribution in [0.25, 0.3) is 10.9 Å². The molecule has 15 atom stereocenters. The summed E-state index contributed by atoms with van der Waals surface area (Å²) in [6.45, 7) is 17.6. The maximum Gasteiger partial charge on any atom is 0.326 e. The highest BCUT2D eigenvalue weighted by atomic mass is 32.2. The van der Waals surface area contributed by atoms with Gasteiger partial charge in [0.1, 0.15) is 78.5 Å². The second-order valence-corrected chi connectivity index (χ2v) is 32.0. The summed E-state index contributed by atoms with van der Waals surface area (Å²) < 4.78 is 0. The van der Waals surface area contributed by atoms with Crippen molar-refractivity contribution in [1.29, 1.82) is 0 Å². The third-order valence-electron chi connectivity index (χ3n) is 19.0. The number of aromatic amines is 1. The molecule has 0 unspecified atom stereocenters. The minimum Gasteiger partial charge on any atom is -0.481 e. The number of aliphatic carboxylic acids is 2. The van der Waals surface area contributed by atoms with Gasteiger partial charge in [-0.2, -0.15) is 11.8 Å². The predicted molar refractivity (Wildman–Crippen MR) is 438 cm³/mol. The third-order valence-corrected chi connectivity index (χ3v) is 19.7. The van der Waals surface area contributed by atoms with Crippen molar-refractivity contribution in [3.05, 3.63) is 71.9 Å². The number of amides is 16. The van der Waals surface area contributed by atoms with Crippen molar-refractivity contribution in [3.63, 3.8) is 0 Å². The van der Waals surface area contributed by atoms with Crippen LogP contribution in [0.1, 0.15) is 151 Å². The number of rotatable bonds is 54. The topological polar surface area (TPSA) is 670 Å². The number of aliphatic hydroxyl groups is 1. The first-order valence-electron chi connectivity index (χ1n) is 39.3. The summed E-state index contributed by atoms with van der Waals surface area (Å²) in [5, 5.41) is 63.5. The Hall–Kier alpha value is -11.3. The molecular formula is C78H121N19O21S. The highest BCUT2D eigenvalue weighted by Crippen LogP contribution is 2.21. The molecule has 0 spiro atoms. The number of benzene rings is 2. The lowest BCUT2D eigenvalue weighted by Gasteiger charge is -2.30. The minimum atomic E-state index is -2.08. The van der Waals surface area contributed by atoms with Crippen molar-refractivity contribution in [2.75, 3.05) is 18.6 Å². The molecule has 41 heteroatoms. The van der Waals surface area contributed by atoms with Crippen LogP contribution < -0.4 is 97.8 Å². The molecule has 0 aliphatic carbocycles. The lowest BCUT2D eigenvalue weighted by Crippen LogP contribution is -2.63. The van der Waals surface area contributed by atoms with E-state index >= 15 is 0 Å². The molecule has 1 heterocycles. The van der Waals surface area contributed by atoms with E-state index in [4.69, 9.17) is 28.7 Å². The molecule has 3 aromatic rings. The van der Waals surface area contributed by atoms with E-state index in [1.54, 1.807) is 110 Å². The van der Waals surface area contributed by atoms with Crippen LogP contribution in [0.5, 0.6) is 0 Å². The summed E-state index contributed by atoms with van der Waals surface area (Å²) in [5.74, 6) is -22.7. The van der Waals surface area contributed by atoms with Crippen molar-refractivity contribution in [3.8, 4) is 0 Å². The first kappa shape index (κ1) is 102. The van der Waals surface area contributed by atoms with Gasteiger partial charge in [0.2, 0.25) is 94.5 Å². The van der Waals surface area contributed by atoms with E-state index in [0.29, 0.717) is 34.9 Å². The average Bonchev–Trinajstić information content (AvgIpc) is 1.67. The van der Waals surface area contributed by atoms with Gasteiger partial charge in [-0.05, 0) is 111 Å². The first-order chi connectivity index (χ1) is 55.8. The number of nitrogens with two attached hydrogens (primary N) is 5. The number of carbonyl (C=O) groups excluding carboxylic acids is 16. The minimum absolute atomic E-state index is 0.000488. The SMILES string of the molecule is CSCC[C@H](NC(=O)[C@H](CC(N)=O)NC(=O)[C@H](Cc1ccccc1)NC(=O)[C@H](CC(N)=O)NC(=O)[C@H](CCC(=O)O)NC(=O)[C@@H](NC(=O)[C@@H](NC(=O)[C@H](CC(N)=O)NC(=O)[C@@H](NC(=O)[C@H](CC(C)C)NC(=O)[C@@H](NC(=O)[C@@H](N)C(C)C)C(C)C)C(C)C)C(C)C)[C@@H](C)O)C(=O)N[C@@H](Cc1c[nH]c2ccccc12)C(=O)N[C@@H](CCCCN)C(=O)O. The molecule has 119 heavy (non-hydrogen) atoms. The number of para-hydroxylation sites is 1. The van der Waals surface area contributed by atoms with Crippen LogP contribution in [0.4, 0.5) is 0 Å². The highest BCUT2D eigenvalue weighted by Gasteiger charge is 2.41. The highest BCUT2D eigenvalue weighted by molar-refractivity contribution is 7.98. The van der Waals surface area contributed by atoms with E-state index < -0.39 is 253 Å². The standard InChI is InChI=1S/C78H121N19O21S/c1-37(2)30-50(92-75(114)62(40(7)8)96-73(112)60(83)38(3)4)71(110)94-61(39(5)6)74(113)93-55(35-58(82)101)72(111)95-63(41(9)10)76(115)97-64(42(11)98)77(116)86-47(25-26-59(102)103)65(104)90-54(34-57(81)100)70(109)88-51(31-43-20-14-13-15-21-43)67(106)91-53(33-56(80)99)69(108)85-48(27-29-119-12)66(105)89-52(32-44-36-84-46-23-17-16-22-45(44)46)68(107)87-49(78(117)118)24-18-19-28-79/h13-17,20-23,36-42,47-55,60-64,84,98H,18-19,24-35,79,83H2,1-12H3,(H2,80,99)(H2,81,100)(H2,82,101)(H,85,108)(H,86,116)(H,87,107)(H,88,109)(H,89,105)(H,90,104)(H,91,106)(H,92,114)(H,93,113)(H,94,110)(H,95,111)(H,96,112)(H,97,115)(H,102,103)(H,117,118)/t42-,47+,48+,49+,50+,51+,52+,53+,54+,55+,60+,61+,62+,63+,64+/m1/s1. The summed E-state index contributed by atoms with van der Waals surface area (Å²) >= 11 is 1.26. The van der Waals surface area contributed by atoms with Crippen LogP contribution >= 0.6 is 11.8 Å². The lowest BCUT2D eigenvalue weighted by atomic mass is 9.97. The fraction of sp³-hybridized carbons (Fsp3) is 0.590. The number of unbranched alkanes of at least 4 members (excludes halogenated alkanes) is 1. The fourth-order valence-electron chi connectivity index (χ4n) is 12.2. The molecule has 0 saturated carbocycles. The van der Waals surface area contributed by atoms with Gasteiger partial charge < -0.3 is 118 Å². The zero-order valence-corrected chi connectivity index (χ0v) is 70.0. The van der Waals surface area contributed by atoms with Crippen molar-refractivity contribution in [2.24, 2.45) is 58.3 Å². The van der Waals surface area contributed by atoms with E-state index in [1.165, 1.54) is 37.7 Å². The Balaban J connectivity index is 1.95. The summed E-state index contributed by atoms with van der Waals surface area (Å²) in [5.41, 5.74) is 30.0. The van der Waals surface area contributed by atoms with Crippen LogP contribution in [-0.2, 0) is 99.1 Å². The zero-order chi connectivity index (χ0) is 89.8. The van der Waals surface area contributed by atoms with Crippen LogP contribution in [0.15, 0.2) is 60.8 Å². The Bertz CT molecular complexity index is 4010. The van der Waals surface area contributed by atoms with Crippen LogP contribution in [0, 0.1) is 29.6 Å². The predicted octanol–water partition coefficient (Wildman–Crippen LogP) is -3.91. The first-order valence-corrected chi connectivity index (χ1v) is 40.7. The largest absolute Gasteiger partial charge is 0.481 e. The quantitative estimate of drug-likeness (QED) is 0.0240. The smallest absolute Gasteiger partial charge is 0.326 e. The molecule has 660 valence electrons. The van der Waals surface area contributed by atoms with Gasteiger partial charge in [-0.15, -0.1) is 0 Å². The van der Waals surface area contributed by atoms with Gasteiger partial charge in [0, 0.05) is 36.4 Å². The van der Waals surface area contributed by atoms with Crippen molar-refractivity contribution < 1.29 is 102 Å². The molecule has 0 saturated heterocycles. The number of aromatic nitrogens is 1. The van der Waals surface area contributed by atoms with E-state index in [1.807, 2.05) is 0 Å². The van der Waals surface area contributed by atoms with Gasteiger partial charge in [0.15, 0.2) is 0 Å². The number of hydrogen-bond acceptors (Lipinski definition) is 22. The number of H-pyrrole nitrogens is 1. The molecule has 16 amide bonds. The molecule has 27 N–H and O–H groups in total. The number of aliphatic hydroxyl groups excluding tert-OH is 1. The Morgan fingerprint density at radius 2 is 0.773 bits per heavy atom. The maximum absolute atomic E-state index is 14.7. The van der Waals surface area contributed by atoms with Crippen LogP contribution in [0.3, 0.4) is 0 Å². The average molecular weight is 1690 g/mol. The number of primary amides is 3. The fourth-order valence-corrected chi connectivity index (χ4v) is 12.7. The summed E-state index contributed by atoms with van der Waals surface area (Å²) in [7, 11) is 0. The van der Waals surface area contributed by atoms with E-state index in [2.05, 4.69) is 74.1 Å². The van der Waals surface area contributed by atoms with Gasteiger partial charge in [0.25, 0.3) is 0 Å². The molecule has 0 aliphatic heterocycles. The normalized spacial score (nSPS) is 15.2. The van der Waals surface area contributed by atoms with Crippen molar-refractivity contribution >= 4 is 129 Å². The number of hydrogen-bond donors (Lipinski definition) is 22. The summed E-state index contributed by atoms with van der Waals surface area (Å²) in [4.78, 5) is 250. The molecule has 40 nitrogen and oxygen atoms in total. The third kappa shape index (κ3) is 35.0. The lowest BCUT2D eigenvalue weighted by molar-refractivity contribution is -0.142. The molecule has 0 fully saturated rings. The second-order valence-electron chi connectivity index (χ2n) is 31.0. The van der Waals surface area contributed by atoms with E-state index in [9.17, 15) is 102 Å². The molecule has 3 rings (SSSR count). The second kappa shape index (κ2) is 50.4. The number of carbonyl (C=O) groups is 18. The van der Waals surface area contributed by atoms with Gasteiger partial charge in [0.05, 0.1) is 31.4 Å². The number of carboxylic acid groups (broad SMARTS) is 2. The van der Waals surface area contributed by atoms with Crippen LogP contribution in [-0.4, -0.2) is 236 Å². The van der Waals surface area contributed by atoms with Gasteiger partial charge in [-0.3, -0.25) is 81.5 Å². The molecule has 0 radical (unpaired) electrons. The zero-order valence-electron chi connectivity index (χ0n) is 69.2. The van der Waals surface area contributed by atoms with Crippen LogP contribution in [0.2, 0.25) is 0 Å². The van der Waals surface area contributed by atoms with E-state index in [-0.39, 0.29) is 49.8 Å². The number of nitrogens with one attached hydrogen (secondary N) is 14. The molecule has 0 aliphatic rings. The monoisotopic (exact) mass is 1690 g/mol. The van der Waals surface area contributed by atoms with Crippen molar-refractivity contribution in [1.82, 2.24) is 74.1 Å². The Morgan fingerprint density at radius 1 is 0.403 bits per heavy atom. The number of fused-ring (bicyclic) bond motifs is 1. The van der Waals surface area contributed by atoms with E-state index in [0.717, 1.165) is 6.92 Å². The Kier molecular flexibility index (Phi) is 43.2. The van der Waals surface area contributed by atoms with Gasteiger partial charge in [-0.25, -0.2) is 4.79 Å². The Labute approximate surface area is 694 Å². The maximum atomic E-state index is 14.7. The molecule has 0 bridgehead atoms. The van der Waals surface area contributed by atoms with Crippen molar-refractivity contribution in [2.45, 2.75) is 244 Å². The summed E-state index contributed by atoms with van der Waals surface area (Å²) in [6, 6.07) is -7.75. The number of carboxylic acids is 2.